The number of carbonyl (C=O) groups excluding carboxylic acids is 1. The van der Waals surface area contributed by atoms with Crippen LogP contribution in [0.2, 0.25) is 0 Å². The SMILES string of the molecule is CN1CCC2(CCc3c(sc4nc(C(=O)NCc5ccc6c(c5)CN(c5c(N)c(=O)c5=O)CC6)[nH]c(=O)c34)C2)CC1. The molecule has 0 radical (unpaired) electrons. The number of aryl methyl sites for hydroxylation is 1. The molecule has 1 fully saturated rings. The van der Waals surface area contributed by atoms with Crippen molar-refractivity contribution in [2.45, 2.75) is 51.6 Å². The Bertz CT molecular complexity index is 1840. The van der Waals surface area contributed by atoms with E-state index in [0.717, 1.165) is 61.0 Å². The summed E-state index contributed by atoms with van der Waals surface area (Å²) in [7, 11) is 2.17. The van der Waals surface area contributed by atoms with Crippen molar-refractivity contribution in [1.29, 1.82) is 0 Å². The van der Waals surface area contributed by atoms with Crippen LogP contribution < -0.4 is 32.4 Å². The topological polar surface area (TPSA) is 141 Å². The van der Waals surface area contributed by atoms with Gasteiger partial charge in [0.15, 0.2) is 0 Å². The zero-order chi connectivity index (χ0) is 28.5. The van der Waals surface area contributed by atoms with Crippen molar-refractivity contribution in [2.75, 3.05) is 37.3 Å². The zero-order valence-electron chi connectivity index (χ0n) is 23.0. The number of benzene rings is 1. The molecule has 1 aliphatic carbocycles. The van der Waals surface area contributed by atoms with Gasteiger partial charge in [0, 0.05) is 24.5 Å². The fraction of sp³-hybridized carbons (Fsp3) is 0.433. The minimum Gasteiger partial charge on any atom is -0.394 e. The molecule has 2 aliphatic heterocycles. The lowest BCUT2D eigenvalue weighted by Crippen LogP contribution is -2.44. The average molecular weight is 573 g/mol. The number of hydrogen-bond acceptors (Lipinski definition) is 9. The van der Waals surface area contributed by atoms with E-state index in [9.17, 15) is 19.2 Å². The second kappa shape index (κ2) is 9.63. The second-order valence-corrected chi connectivity index (χ2v) is 13.0. The molecule has 2 aromatic heterocycles. The number of thiophene rings is 1. The van der Waals surface area contributed by atoms with E-state index in [-0.39, 0.29) is 23.6 Å². The maximum Gasteiger partial charge on any atom is 0.287 e. The summed E-state index contributed by atoms with van der Waals surface area (Å²) in [6.45, 7) is 3.56. The Hall–Kier alpha value is -3.83. The first-order valence-corrected chi connectivity index (χ1v) is 15.0. The molecule has 0 bridgehead atoms. The van der Waals surface area contributed by atoms with E-state index in [1.54, 1.807) is 11.3 Å². The van der Waals surface area contributed by atoms with Crippen molar-refractivity contribution >= 4 is 38.8 Å². The maximum absolute atomic E-state index is 13.1. The number of fused-ring (bicyclic) bond motifs is 4. The number of H-pyrrole nitrogens is 1. The molecule has 1 amide bonds. The Morgan fingerprint density at radius 3 is 2.68 bits per heavy atom. The van der Waals surface area contributed by atoms with Gasteiger partial charge in [0.05, 0.1) is 5.39 Å². The smallest absolute Gasteiger partial charge is 0.287 e. The summed E-state index contributed by atoms with van der Waals surface area (Å²) < 4.78 is 0. The number of carbonyl (C=O) groups is 1. The highest BCUT2D eigenvalue weighted by Gasteiger charge is 2.39. The number of amides is 1. The fourth-order valence-corrected chi connectivity index (χ4v) is 8.25. The van der Waals surface area contributed by atoms with Crippen LogP contribution in [-0.2, 0) is 32.4 Å². The number of aromatic amines is 1. The highest BCUT2D eigenvalue weighted by molar-refractivity contribution is 7.18. The standard InChI is InChI=1S/C30H32N6O4S/c1-35-10-7-30(8-11-35)6-4-19-20(13-30)41-29-21(19)27(39)33-26(34-29)28(40)32-14-16-2-3-17-5-9-36(15-18(17)12-16)23-22(31)24(37)25(23)38/h2-3,12H,4-11,13-15,31H2,1H3,(H,32,40)(H,33,34,39). The van der Waals surface area contributed by atoms with Crippen molar-refractivity contribution < 1.29 is 4.79 Å². The molecule has 1 spiro atoms. The lowest BCUT2D eigenvalue weighted by molar-refractivity contribution is 0.0940. The van der Waals surface area contributed by atoms with Crippen molar-refractivity contribution in [1.82, 2.24) is 20.2 Å². The van der Waals surface area contributed by atoms with Gasteiger partial charge in [-0.1, -0.05) is 18.2 Å². The molecule has 10 nitrogen and oxygen atoms in total. The van der Waals surface area contributed by atoms with E-state index in [4.69, 9.17) is 5.73 Å². The molecule has 0 saturated carbocycles. The number of likely N-dealkylation sites (tertiary alicyclic amines) is 1. The molecule has 4 N–H and O–H groups in total. The van der Waals surface area contributed by atoms with Gasteiger partial charge >= 0.3 is 0 Å². The first kappa shape index (κ1) is 26.1. The molecule has 0 unspecified atom stereocenters. The van der Waals surface area contributed by atoms with Crippen molar-refractivity contribution in [3.8, 4) is 0 Å². The summed E-state index contributed by atoms with van der Waals surface area (Å²) in [5.41, 5.74) is 9.22. The predicted octanol–water partition coefficient (Wildman–Crippen LogP) is 1.86. The number of anilines is 2. The number of nitrogens with one attached hydrogen (secondary N) is 2. The summed E-state index contributed by atoms with van der Waals surface area (Å²) >= 11 is 1.57. The Balaban J connectivity index is 1.06. The molecule has 4 aromatic rings. The van der Waals surface area contributed by atoms with Gasteiger partial charge in [-0.3, -0.25) is 19.2 Å². The van der Waals surface area contributed by atoms with Crippen LogP contribution in [0.4, 0.5) is 11.4 Å². The minimum absolute atomic E-state index is 0.0230. The third-order valence-electron chi connectivity index (χ3n) is 9.42. The van der Waals surface area contributed by atoms with Crippen molar-refractivity contribution in [2.24, 2.45) is 5.41 Å². The van der Waals surface area contributed by atoms with Gasteiger partial charge in [-0.05, 0) is 86.3 Å². The number of rotatable bonds is 4. The van der Waals surface area contributed by atoms with Crippen LogP contribution in [0.25, 0.3) is 10.2 Å². The van der Waals surface area contributed by atoms with Gasteiger partial charge in [-0.2, -0.15) is 0 Å². The summed E-state index contributed by atoms with van der Waals surface area (Å²) in [6, 6.07) is 5.99. The Morgan fingerprint density at radius 1 is 1.10 bits per heavy atom. The Labute approximate surface area is 239 Å². The van der Waals surface area contributed by atoms with Crippen molar-refractivity contribution in [3.63, 3.8) is 0 Å². The van der Waals surface area contributed by atoms with E-state index < -0.39 is 16.8 Å². The minimum atomic E-state index is -0.615. The van der Waals surface area contributed by atoms with Crippen LogP contribution in [-0.4, -0.2) is 47.5 Å². The second-order valence-electron chi connectivity index (χ2n) is 12.0. The van der Waals surface area contributed by atoms with E-state index in [1.807, 2.05) is 23.1 Å². The molecule has 2 aromatic carbocycles. The molecular weight excluding hydrogens is 540 g/mol. The predicted molar refractivity (Wildman–Crippen MR) is 160 cm³/mol. The summed E-state index contributed by atoms with van der Waals surface area (Å²) in [6.07, 6.45) is 6.06. The van der Waals surface area contributed by atoms with E-state index in [0.29, 0.717) is 34.4 Å². The number of nitrogen functional groups attached to an aromatic ring is 1. The molecular formula is C30H32N6O4S. The number of piperidine rings is 1. The van der Waals surface area contributed by atoms with Crippen LogP contribution in [0, 0.1) is 5.41 Å². The largest absolute Gasteiger partial charge is 0.394 e. The lowest BCUT2D eigenvalue weighted by Gasteiger charge is -2.43. The molecule has 11 heteroatoms. The Kier molecular flexibility index (Phi) is 6.13. The fourth-order valence-electron chi connectivity index (χ4n) is 6.85. The number of nitrogens with zero attached hydrogens (tertiary/aromatic N) is 3. The van der Waals surface area contributed by atoms with Crippen LogP contribution >= 0.6 is 11.3 Å². The highest BCUT2D eigenvalue weighted by Crippen LogP contribution is 2.46. The van der Waals surface area contributed by atoms with Gasteiger partial charge in [0.2, 0.25) is 5.82 Å². The molecule has 3 aliphatic rings. The maximum atomic E-state index is 13.1. The van der Waals surface area contributed by atoms with Gasteiger partial charge in [0.25, 0.3) is 22.3 Å². The first-order valence-electron chi connectivity index (χ1n) is 14.2. The number of nitrogens with two attached hydrogens (primary N) is 1. The monoisotopic (exact) mass is 572 g/mol. The number of aromatic nitrogens is 2. The summed E-state index contributed by atoms with van der Waals surface area (Å²) in [4.78, 5) is 63.2. The lowest BCUT2D eigenvalue weighted by atomic mass is 9.68. The van der Waals surface area contributed by atoms with E-state index in [1.165, 1.54) is 17.7 Å². The molecule has 41 heavy (non-hydrogen) atoms. The quantitative estimate of drug-likeness (QED) is 0.315. The summed E-state index contributed by atoms with van der Waals surface area (Å²) in [5, 5.41) is 3.53. The van der Waals surface area contributed by atoms with Crippen molar-refractivity contribution in [3.05, 3.63) is 82.0 Å². The van der Waals surface area contributed by atoms with Gasteiger partial charge < -0.3 is 25.8 Å². The molecule has 212 valence electrons. The normalized spacial score (nSPS) is 18.5. The molecule has 4 heterocycles. The summed E-state index contributed by atoms with van der Waals surface area (Å²) in [5.74, 6) is -0.409. The van der Waals surface area contributed by atoms with Crippen LogP contribution in [0.3, 0.4) is 0 Å². The van der Waals surface area contributed by atoms with Crippen LogP contribution in [0.1, 0.15) is 57.0 Å². The van der Waals surface area contributed by atoms with Gasteiger partial charge in [-0.25, -0.2) is 4.98 Å². The molecule has 1 saturated heterocycles. The van der Waals surface area contributed by atoms with E-state index in [2.05, 4.69) is 27.2 Å². The van der Waals surface area contributed by atoms with Crippen LogP contribution in [0.15, 0.2) is 32.6 Å². The Morgan fingerprint density at radius 2 is 1.90 bits per heavy atom. The third-order valence-corrected chi connectivity index (χ3v) is 10.5. The zero-order valence-corrected chi connectivity index (χ0v) is 23.8. The van der Waals surface area contributed by atoms with E-state index >= 15 is 0 Å². The average Bonchev–Trinajstić information content (AvgIpc) is 3.35. The van der Waals surface area contributed by atoms with Gasteiger partial charge in [-0.15, -0.1) is 11.3 Å². The third kappa shape index (κ3) is 4.38. The highest BCUT2D eigenvalue weighted by atomic mass is 32.1. The van der Waals surface area contributed by atoms with Gasteiger partial charge in [0.1, 0.15) is 16.2 Å². The molecule has 7 rings (SSSR count). The van der Waals surface area contributed by atoms with Crippen LogP contribution in [0.5, 0.6) is 0 Å². The number of hydrogen-bond donors (Lipinski definition) is 3. The molecule has 0 atom stereocenters. The first-order chi connectivity index (χ1) is 19.7.